The lowest BCUT2D eigenvalue weighted by molar-refractivity contribution is 0.660. The van der Waals surface area contributed by atoms with E-state index in [0.29, 0.717) is 0 Å². The molecule has 0 aliphatic carbocycles. The zero-order chi connectivity index (χ0) is 10.7. The van der Waals surface area contributed by atoms with Crippen LogP contribution >= 0.6 is 11.3 Å². The Kier molecular flexibility index (Phi) is 3.13. The van der Waals surface area contributed by atoms with E-state index in [1.807, 2.05) is 24.1 Å². The fraction of sp³-hybridized carbons (Fsp3) is 0.400. The molecule has 0 fully saturated rings. The molecule has 4 nitrogen and oxygen atoms in total. The predicted octanol–water partition coefficient (Wildman–Crippen LogP) is 1.75. The van der Waals surface area contributed by atoms with Gasteiger partial charge in [-0.3, -0.25) is 4.68 Å². The molecule has 5 heteroatoms. The SMILES string of the molecule is CCn1cc(-c2nc(CNC)cs2)cn1. The summed E-state index contributed by atoms with van der Waals surface area (Å²) in [6.45, 7) is 3.79. The van der Waals surface area contributed by atoms with E-state index >= 15 is 0 Å². The van der Waals surface area contributed by atoms with Crippen molar-refractivity contribution in [3.8, 4) is 10.6 Å². The van der Waals surface area contributed by atoms with Crippen molar-refractivity contribution in [3.63, 3.8) is 0 Å². The minimum atomic E-state index is 0.818. The lowest BCUT2D eigenvalue weighted by atomic mass is 10.4. The molecule has 2 aromatic rings. The van der Waals surface area contributed by atoms with Gasteiger partial charge in [-0.2, -0.15) is 5.10 Å². The van der Waals surface area contributed by atoms with Gasteiger partial charge in [0.2, 0.25) is 0 Å². The molecule has 0 unspecified atom stereocenters. The largest absolute Gasteiger partial charge is 0.314 e. The van der Waals surface area contributed by atoms with E-state index in [-0.39, 0.29) is 0 Å². The van der Waals surface area contributed by atoms with Crippen molar-refractivity contribution in [2.24, 2.45) is 0 Å². The maximum Gasteiger partial charge on any atom is 0.126 e. The van der Waals surface area contributed by atoms with Crippen molar-refractivity contribution >= 4 is 11.3 Å². The van der Waals surface area contributed by atoms with Gasteiger partial charge >= 0.3 is 0 Å². The standard InChI is InChI=1S/C10H14N4S/c1-3-14-6-8(4-12-14)10-13-9(5-11-2)7-15-10/h4,6-7,11H,3,5H2,1-2H3. The van der Waals surface area contributed by atoms with Crippen LogP contribution in [0.3, 0.4) is 0 Å². The molecule has 0 bridgehead atoms. The Labute approximate surface area is 93.0 Å². The van der Waals surface area contributed by atoms with E-state index in [9.17, 15) is 0 Å². The summed E-state index contributed by atoms with van der Waals surface area (Å²) in [5, 5.41) is 10.4. The van der Waals surface area contributed by atoms with Crippen LogP contribution in [-0.2, 0) is 13.1 Å². The third-order valence-corrected chi connectivity index (χ3v) is 3.05. The fourth-order valence-electron chi connectivity index (χ4n) is 1.35. The monoisotopic (exact) mass is 222 g/mol. The van der Waals surface area contributed by atoms with Crippen LogP contribution in [0.1, 0.15) is 12.6 Å². The summed E-state index contributed by atoms with van der Waals surface area (Å²) in [5.41, 5.74) is 2.19. The molecule has 0 saturated heterocycles. The van der Waals surface area contributed by atoms with Crippen molar-refractivity contribution in [1.82, 2.24) is 20.1 Å². The first-order valence-electron chi connectivity index (χ1n) is 4.95. The first-order valence-corrected chi connectivity index (χ1v) is 5.83. The number of thiazole rings is 1. The summed E-state index contributed by atoms with van der Waals surface area (Å²) in [7, 11) is 1.92. The Morgan fingerprint density at radius 3 is 3.07 bits per heavy atom. The molecule has 80 valence electrons. The van der Waals surface area contributed by atoms with Crippen LogP contribution in [0.5, 0.6) is 0 Å². The van der Waals surface area contributed by atoms with Gasteiger partial charge in [0.1, 0.15) is 5.01 Å². The first-order chi connectivity index (χ1) is 7.33. The number of rotatable bonds is 4. The van der Waals surface area contributed by atoms with Gasteiger partial charge in [-0.25, -0.2) is 4.98 Å². The third-order valence-electron chi connectivity index (χ3n) is 2.11. The summed E-state index contributed by atoms with van der Waals surface area (Å²) in [6.07, 6.45) is 3.90. The van der Waals surface area contributed by atoms with E-state index in [0.717, 1.165) is 29.4 Å². The van der Waals surface area contributed by atoms with Crippen LogP contribution in [0.2, 0.25) is 0 Å². The zero-order valence-electron chi connectivity index (χ0n) is 8.90. The second-order valence-electron chi connectivity index (χ2n) is 3.26. The van der Waals surface area contributed by atoms with Gasteiger partial charge in [0, 0.05) is 30.2 Å². The second kappa shape index (κ2) is 4.55. The summed E-state index contributed by atoms with van der Waals surface area (Å²) >= 11 is 1.66. The minimum Gasteiger partial charge on any atom is -0.314 e. The van der Waals surface area contributed by atoms with Crippen molar-refractivity contribution in [3.05, 3.63) is 23.5 Å². The van der Waals surface area contributed by atoms with Gasteiger partial charge in [-0.1, -0.05) is 0 Å². The predicted molar refractivity (Wildman–Crippen MR) is 61.8 cm³/mol. The lowest BCUT2D eigenvalue weighted by Gasteiger charge is -1.92. The summed E-state index contributed by atoms with van der Waals surface area (Å²) in [4.78, 5) is 4.52. The Balaban J connectivity index is 2.21. The molecule has 0 spiro atoms. The summed E-state index contributed by atoms with van der Waals surface area (Å²) < 4.78 is 1.91. The van der Waals surface area contributed by atoms with Crippen molar-refractivity contribution < 1.29 is 0 Å². The summed E-state index contributed by atoms with van der Waals surface area (Å²) in [6, 6.07) is 0. The Morgan fingerprint density at radius 1 is 1.53 bits per heavy atom. The molecule has 2 rings (SSSR count). The molecule has 0 atom stereocenters. The Morgan fingerprint density at radius 2 is 2.40 bits per heavy atom. The highest BCUT2D eigenvalue weighted by Crippen LogP contribution is 2.22. The second-order valence-corrected chi connectivity index (χ2v) is 4.12. The van der Waals surface area contributed by atoms with Crippen LogP contribution < -0.4 is 5.32 Å². The van der Waals surface area contributed by atoms with Crippen molar-refractivity contribution in [2.45, 2.75) is 20.0 Å². The number of hydrogen-bond acceptors (Lipinski definition) is 4. The molecule has 2 heterocycles. The van der Waals surface area contributed by atoms with E-state index in [2.05, 4.69) is 27.7 Å². The molecule has 0 amide bonds. The topological polar surface area (TPSA) is 42.7 Å². The van der Waals surface area contributed by atoms with Gasteiger partial charge in [0.05, 0.1) is 11.9 Å². The van der Waals surface area contributed by atoms with Gasteiger partial charge in [0.15, 0.2) is 0 Å². The van der Waals surface area contributed by atoms with Crippen LogP contribution in [0, 0.1) is 0 Å². The van der Waals surface area contributed by atoms with Gasteiger partial charge in [-0.05, 0) is 14.0 Å². The molecule has 0 aliphatic heterocycles. The highest BCUT2D eigenvalue weighted by molar-refractivity contribution is 7.13. The normalized spacial score (nSPS) is 10.8. The van der Waals surface area contributed by atoms with Crippen molar-refractivity contribution in [2.75, 3.05) is 7.05 Å². The maximum absolute atomic E-state index is 4.52. The highest BCUT2D eigenvalue weighted by atomic mass is 32.1. The average Bonchev–Trinajstić information content (AvgIpc) is 2.85. The highest BCUT2D eigenvalue weighted by Gasteiger charge is 2.06. The smallest absolute Gasteiger partial charge is 0.126 e. The van der Waals surface area contributed by atoms with Gasteiger partial charge in [0.25, 0.3) is 0 Å². The first kappa shape index (κ1) is 10.3. The Bertz CT molecular complexity index is 432. The molecule has 1 N–H and O–H groups in total. The molecular formula is C10H14N4S. The molecule has 0 aliphatic rings. The van der Waals surface area contributed by atoms with Crippen molar-refractivity contribution in [1.29, 1.82) is 0 Å². The average molecular weight is 222 g/mol. The van der Waals surface area contributed by atoms with Crippen LogP contribution in [0.4, 0.5) is 0 Å². The molecule has 0 radical (unpaired) electrons. The van der Waals surface area contributed by atoms with E-state index in [1.165, 1.54) is 0 Å². The van der Waals surface area contributed by atoms with E-state index in [4.69, 9.17) is 0 Å². The number of hydrogen-bond donors (Lipinski definition) is 1. The molecule has 15 heavy (non-hydrogen) atoms. The van der Waals surface area contributed by atoms with E-state index < -0.39 is 0 Å². The molecule has 0 aromatic carbocycles. The zero-order valence-corrected chi connectivity index (χ0v) is 9.71. The third kappa shape index (κ3) is 2.24. The molecule has 2 aromatic heterocycles. The van der Waals surface area contributed by atoms with Crippen LogP contribution in [0.15, 0.2) is 17.8 Å². The lowest BCUT2D eigenvalue weighted by Crippen LogP contribution is -2.04. The molecular weight excluding hydrogens is 208 g/mol. The maximum atomic E-state index is 4.52. The fourth-order valence-corrected chi connectivity index (χ4v) is 2.14. The minimum absolute atomic E-state index is 0.818. The van der Waals surface area contributed by atoms with E-state index in [1.54, 1.807) is 11.3 Å². The number of nitrogens with one attached hydrogen (secondary N) is 1. The van der Waals surface area contributed by atoms with Crippen LogP contribution in [-0.4, -0.2) is 21.8 Å². The van der Waals surface area contributed by atoms with Gasteiger partial charge < -0.3 is 5.32 Å². The number of aryl methyl sites for hydroxylation is 1. The van der Waals surface area contributed by atoms with Crippen LogP contribution in [0.25, 0.3) is 10.6 Å². The van der Waals surface area contributed by atoms with Gasteiger partial charge in [-0.15, -0.1) is 11.3 Å². The molecule has 0 saturated carbocycles. The Hall–Kier alpha value is -1.20. The number of aromatic nitrogens is 3. The summed E-state index contributed by atoms with van der Waals surface area (Å²) in [5.74, 6) is 0. The quantitative estimate of drug-likeness (QED) is 0.857. The number of nitrogens with zero attached hydrogens (tertiary/aromatic N) is 3.